The lowest BCUT2D eigenvalue weighted by Gasteiger charge is -2.31. The van der Waals surface area contributed by atoms with E-state index in [1.54, 1.807) is 7.11 Å². The van der Waals surface area contributed by atoms with Crippen molar-refractivity contribution in [1.29, 1.82) is 0 Å². The molecule has 1 rings (SSSR count). The molecule has 1 aromatic rings. The monoisotopic (exact) mass is 293 g/mol. The van der Waals surface area contributed by atoms with Gasteiger partial charge in [0.15, 0.2) is 0 Å². The Balaban J connectivity index is 3.22. The molecule has 120 valence electrons. The van der Waals surface area contributed by atoms with Crippen LogP contribution in [-0.2, 0) is 16.7 Å². The molecular formula is C17H31N3O. The maximum Gasteiger partial charge on any atom is 0.129 e. The van der Waals surface area contributed by atoms with Crippen LogP contribution in [0.25, 0.3) is 0 Å². The summed E-state index contributed by atoms with van der Waals surface area (Å²) in [4.78, 5) is 7.21. The number of hydrogen-bond donors (Lipinski definition) is 1. The van der Waals surface area contributed by atoms with Gasteiger partial charge in [0.05, 0.1) is 6.61 Å². The van der Waals surface area contributed by atoms with Gasteiger partial charge in [-0.15, -0.1) is 0 Å². The van der Waals surface area contributed by atoms with Crippen LogP contribution in [0.3, 0.4) is 0 Å². The van der Waals surface area contributed by atoms with Crippen molar-refractivity contribution in [2.75, 3.05) is 25.2 Å². The van der Waals surface area contributed by atoms with Gasteiger partial charge >= 0.3 is 0 Å². The number of nitrogens with two attached hydrogens (primary N) is 1. The van der Waals surface area contributed by atoms with E-state index in [2.05, 4.69) is 51.7 Å². The largest absolute Gasteiger partial charge is 0.383 e. The molecule has 0 saturated heterocycles. The first kappa shape index (κ1) is 17.9. The summed E-state index contributed by atoms with van der Waals surface area (Å²) in [5, 5.41) is 0. The fourth-order valence-electron chi connectivity index (χ4n) is 2.19. The Morgan fingerprint density at radius 2 is 2.00 bits per heavy atom. The van der Waals surface area contributed by atoms with Crippen molar-refractivity contribution in [3.05, 3.63) is 23.4 Å². The number of rotatable bonds is 7. The van der Waals surface area contributed by atoms with Gasteiger partial charge in [-0.05, 0) is 31.0 Å². The number of pyridine rings is 1. The van der Waals surface area contributed by atoms with Crippen LogP contribution in [-0.4, -0.2) is 31.3 Å². The van der Waals surface area contributed by atoms with Crippen LogP contribution in [0, 0.1) is 0 Å². The van der Waals surface area contributed by atoms with Crippen molar-refractivity contribution in [1.82, 2.24) is 4.98 Å². The Morgan fingerprint density at radius 3 is 2.48 bits per heavy atom. The summed E-state index contributed by atoms with van der Waals surface area (Å²) in [6.45, 7) is 13.1. The molecule has 21 heavy (non-hydrogen) atoms. The molecule has 1 unspecified atom stereocenters. The lowest BCUT2D eigenvalue weighted by molar-refractivity contribution is 0.203. The van der Waals surface area contributed by atoms with Crippen LogP contribution in [0.5, 0.6) is 0 Å². The summed E-state index contributed by atoms with van der Waals surface area (Å²) in [7, 11) is 1.74. The third-order valence-electron chi connectivity index (χ3n) is 3.83. The second-order valence-corrected chi connectivity index (χ2v) is 6.62. The average Bonchev–Trinajstić information content (AvgIpc) is 2.46. The van der Waals surface area contributed by atoms with E-state index in [0.29, 0.717) is 19.2 Å². The molecule has 0 aliphatic rings. The number of aromatic nitrogens is 1. The van der Waals surface area contributed by atoms with Crippen molar-refractivity contribution in [2.45, 2.75) is 59.0 Å². The van der Waals surface area contributed by atoms with Gasteiger partial charge in [-0.3, -0.25) is 0 Å². The minimum atomic E-state index is 0.0162. The van der Waals surface area contributed by atoms with Crippen molar-refractivity contribution >= 4 is 5.82 Å². The van der Waals surface area contributed by atoms with Crippen LogP contribution in [0.15, 0.2) is 12.1 Å². The average molecular weight is 293 g/mol. The molecule has 1 atom stereocenters. The van der Waals surface area contributed by atoms with Crippen molar-refractivity contribution in [2.24, 2.45) is 5.73 Å². The Morgan fingerprint density at radius 1 is 1.33 bits per heavy atom. The zero-order valence-corrected chi connectivity index (χ0v) is 14.4. The summed E-state index contributed by atoms with van der Waals surface area (Å²) in [6.07, 6.45) is 1.07. The first-order valence-electron chi connectivity index (χ1n) is 7.80. The van der Waals surface area contributed by atoms with Gasteiger partial charge in [-0.2, -0.15) is 0 Å². The Labute approximate surface area is 129 Å². The Kier molecular flexibility index (Phi) is 6.62. The molecule has 0 bridgehead atoms. The first-order valence-corrected chi connectivity index (χ1v) is 7.80. The van der Waals surface area contributed by atoms with Gasteiger partial charge in [0.2, 0.25) is 0 Å². The predicted molar refractivity (Wildman–Crippen MR) is 89.8 cm³/mol. The van der Waals surface area contributed by atoms with Gasteiger partial charge < -0.3 is 15.4 Å². The zero-order chi connectivity index (χ0) is 16.0. The number of hydrogen-bond acceptors (Lipinski definition) is 4. The third-order valence-corrected chi connectivity index (χ3v) is 3.83. The van der Waals surface area contributed by atoms with E-state index in [1.165, 1.54) is 0 Å². The number of anilines is 1. The summed E-state index contributed by atoms with van der Waals surface area (Å²) >= 11 is 0. The van der Waals surface area contributed by atoms with Gasteiger partial charge in [0.25, 0.3) is 0 Å². The molecule has 0 spiro atoms. The molecule has 0 aliphatic heterocycles. The molecule has 0 radical (unpaired) electrons. The molecule has 0 fully saturated rings. The van der Waals surface area contributed by atoms with Crippen LogP contribution in [0.1, 0.15) is 52.3 Å². The van der Waals surface area contributed by atoms with Crippen molar-refractivity contribution < 1.29 is 4.74 Å². The number of ether oxygens (including phenoxy) is 1. The molecule has 0 aromatic carbocycles. The maximum absolute atomic E-state index is 5.87. The smallest absolute Gasteiger partial charge is 0.129 e. The van der Waals surface area contributed by atoms with Crippen LogP contribution in [0.4, 0.5) is 5.82 Å². The highest BCUT2D eigenvalue weighted by molar-refractivity contribution is 5.45. The van der Waals surface area contributed by atoms with Gasteiger partial charge in [0.1, 0.15) is 5.82 Å². The van der Waals surface area contributed by atoms with Crippen LogP contribution < -0.4 is 10.6 Å². The first-order chi connectivity index (χ1) is 9.83. The SMILES string of the molecule is CCC(C)N(CCOC)c1cc(CN)cc(C(C)(C)C)n1. The highest BCUT2D eigenvalue weighted by Crippen LogP contribution is 2.26. The topological polar surface area (TPSA) is 51.4 Å². The lowest BCUT2D eigenvalue weighted by atomic mass is 9.90. The van der Waals surface area contributed by atoms with Crippen molar-refractivity contribution in [3.63, 3.8) is 0 Å². The molecule has 4 heteroatoms. The molecular weight excluding hydrogens is 262 g/mol. The standard InChI is InChI=1S/C17H31N3O/c1-7-13(2)20(8-9-21-6)16-11-14(12-18)10-15(19-16)17(3,4)5/h10-11,13H,7-9,12,18H2,1-6H3. The Bertz CT molecular complexity index is 440. The summed E-state index contributed by atoms with van der Waals surface area (Å²) in [5.41, 5.74) is 8.11. The quantitative estimate of drug-likeness (QED) is 0.839. The molecule has 1 aromatic heterocycles. The van der Waals surface area contributed by atoms with E-state index < -0.39 is 0 Å². The molecule has 0 amide bonds. The number of nitrogens with zero attached hydrogens (tertiary/aromatic N) is 2. The summed E-state index contributed by atoms with van der Waals surface area (Å²) in [6, 6.07) is 4.65. The normalized spacial score (nSPS) is 13.3. The number of methoxy groups -OCH3 is 1. The van der Waals surface area contributed by atoms with Gasteiger partial charge in [-0.25, -0.2) is 4.98 Å². The van der Waals surface area contributed by atoms with Gasteiger partial charge in [-0.1, -0.05) is 27.7 Å². The van der Waals surface area contributed by atoms with E-state index in [9.17, 15) is 0 Å². The van der Waals surface area contributed by atoms with E-state index in [4.69, 9.17) is 15.5 Å². The minimum absolute atomic E-state index is 0.0162. The summed E-state index contributed by atoms with van der Waals surface area (Å²) in [5.74, 6) is 1.01. The highest BCUT2D eigenvalue weighted by Gasteiger charge is 2.20. The molecule has 0 aliphatic carbocycles. The minimum Gasteiger partial charge on any atom is -0.383 e. The van der Waals surface area contributed by atoms with E-state index in [-0.39, 0.29) is 5.41 Å². The fourth-order valence-corrected chi connectivity index (χ4v) is 2.19. The lowest BCUT2D eigenvalue weighted by Crippen LogP contribution is -2.36. The van der Waals surface area contributed by atoms with Gasteiger partial charge in [0, 0.05) is 37.4 Å². The fraction of sp³-hybridized carbons (Fsp3) is 0.706. The van der Waals surface area contributed by atoms with E-state index in [0.717, 1.165) is 30.0 Å². The van der Waals surface area contributed by atoms with E-state index in [1.807, 2.05) is 0 Å². The molecule has 1 heterocycles. The predicted octanol–water partition coefficient (Wildman–Crippen LogP) is 3.09. The zero-order valence-electron chi connectivity index (χ0n) is 14.4. The Hall–Kier alpha value is -1.13. The molecule has 2 N–H and O–H groups in total. The third kappa shape index (κ3) is 4.97. The highest BCUT2D eigenvalue weighted by atomic mass is 16.5. The van der Waals surface area contributed by atoms with E-state index >= 15 is 0 Å². The van der Waals surface area contributed by atoms with Crippen LogP contribution in [0.2, 0.25) is 0 Å². The van der Waals surface area contributed by atoms with Crippen molar-refractivity contribution in [3.8, 4) is 0 Å². The second kappa shape index (κ2) is 7.76. The molecule has 4 nitrogen and oxygen atoms in total. The van der Waals surface area contributed by atoms with Crippen LogP contribution >= 0.6 is 0 Å². The molecule has 0 saturated carbocycles. The maximum atomic E-state index is 5.87. The second-order valence-electron chi connectivity index (χ2n) is 6.62. The summed E-state index contributed by atoms with van der Waals surface area (Å²) < 4.78 is 5.25.